The van der Waals surface area contributed by atoms with E-state index in [4.69, 9.17) is 0 Å². The average molecular weight is 1260 g/mol. The molecule has 0 fully saturated rings. The molecule has 0 radical (unpaired) electrons. The second-order valence-electron chi connectivity index (χ2n) is 27.0. The summed E-state index contributed by atoms with van der Waals surface area (Å²) in [6, 6.07) is 126. The first-order chi connectivity index (χ1) is 49.0. The van der Waals surface area contributed by atoms with Crippen molar-refractivity contribution in [1.29, 1.82) is 0 Å². The Bertz CT molecular complexity index is 6510. The highest BCUT2D eigenvalue weighted by atomic mass is 15.0. The molecule has 20 rings (SSSR count). The van der Waals surface area contributed by atoms with Crippen LogP contribution in [0.5, 0.6) is 0 Å². The molecule has 0 unspecified atom stereocenters. The third kappa shape index (κ3) is 9.24. The van der Waals surface area contributed by atoms with E-state index in [1.807, 2.05) is 0 Å². The van der Waals surface area contributed by atoms with Gasteiger partial charge >= 0.3 is 0 Å². The highest BCUT2D eigenvalue weighted by molar-refractivity contribution is 6.31. The highest BCUT2D eigenvalue weighted by Gasteiger charge is 2.24. The van der Waals surface area contributed by atoms with Crippen LogP contribution in [-0.2, 0) is 6.42 Å². The van der Waals surface area contributed by atoms with Crippen LogP contribution in [0.25, 0.3) is 186 Å². The Morgan fingerprint density at radius 3 is 0.909 bits per heavy atom. The lowest BCUT2D eigenvalue weighted by molar-refractivity contribution is 0.877. The van der Waals surface area contributed by atoms with Crippen LogP contribution in [0.3, 0.4) is 0 Å². The molecule has 0 saturated carbocycles. The van der Waals surface area contributed by atoms with Crippen LogP contribution in [0.2, 0.25) is 0 Å². The number of hydrogen-bond acceptors (Lipinski definition) is 0. The van der Waals surface area contributed by atoms with E-state index < -0.39 is 0 Å². The molecule has 2 aromatic heterocycles. The summed E-state index contributed by atoms with van der Waals surface area (Å²) in [5, 5.41) is 25.9. The highest BCUT2D eigenvalue weighted by Crippen LogP contribution is 2.49. The van der Waals surface area contributed by atoms with E-state index in [9.17, 15) is 0 Å². The molecule has 99 heavy (non-hydrogen) atoms. The van der Waals surface area contributed by atoms with E-state index in [1.54, 1.807) is 0 Å². The molecule has 0 aliphatic heterocycles. The van der Waals surface area contributed by atoms with Gasteiger partial charge in [0.15, 0.2) is 0 Å². The van der Waals surface area contributed by atoms with Crippen molar-refractivity contribution in [3.8, 4) is 55.9 Å². The summed E-state index contributed by atoms with van der Waals surface area (Å²) < 4.78 is 4.96. The molecular weight excluding hydrogens is 1190 g/mol. The van der Waals surface area contributed by atoms with Gasteiger partial charge in [0.05, 0.1) is 22.1 Å². The predicted molar refractivity (Wildman–Crippen MR) is 427 cm³/mol. The summed E-state index contributed by atoms with van der Waals surface area (Å²) in [5.41, 5.74) is 20.1. The van der Waals surface area contributed by atoms with E-state index in [0.29, 0.717) is 5.92 Å². The maximum Gasteiger partial charge on any atom is 0.0550 e. The molecular formula is C97H68N2. The number of hydrogen-bond donors (Lipinski definition) is 0. The van der Waals surface area contributed by atoms with Crippen molar-refractivity contribution in [3.63, 3.8) is 0 Å². The van der Waals surface area contributed by atoms with Gasteiger partial charge in [-0.1, -0.05) is 312 Å². The first kappa shape index (κ1) is 58.0. The van der Waals surface area contributed by atoms with Crippen molar-refractivity contribution >= 4 is 130 Å². The lowest BCUT2D eigenvalue weighted by atomic mass is 9.86. The molecule has 0 aliphatic carbocycles. The Labute approximate surface area is 575 Å². The molecule has 0 N–H and O–H groups in total. The summed E-state index contributed by atoms with van der Waals surface area (Å²) in [4.78, 5) is 0. The molecule has 0 amide bonds. The second-order valence-corrected chi connectivity index (χ2v) is 27.0. The number of aromatic nitrogens is 2. The zero-order valence-corrected chi connectivity index (χ0v) is 55.5. The predicted octanol–water partition coefficient (Wildman–Crippen LogP) is 27.1. The van der Waals surface area contributed by atoms with Gasteiger partial charge in [-0.05, 0) is 203 Å². The SMILES string of the molecule is CC(C)c1cc2c(c3ccccc13)c1c3ccccc3ccc1n2-c1ccc(-c2c3ccccc3c(-c3ccccc3)c3ccccc23)cc1.CCc1ccc2ccc3c(c2c1)c1c2ccccc2ccc1n3-c1ccc(-c2c3ccccc3c(-c3ccccc3)c3ccccc23)cc1. The molecule has 466 valence electrons. The Balaban J connectivity index is 0.000000138. The zero-order chi connectivity index (χ0) is 65.8. The fourth-order valence-electron chi connectivity index (χ4n) is 16.8. The normalized spacial score (nSPS) is 11.9. The average Bonchev–Trinajstić information content (AvgIpc) is 1.61. The molecule has 0 atom stereocenters. The van der Waals surface area contributed by atoms with E-state index in [0.717, 1.165) is 6.42 Å². The molecule has 0 aliphatic rings. The maximum atomic E-state index is 2.49. The fraction of sp³-hybridized carbons (Fsp3) is 0.0515. The van der Waals surface area contributed by atoms with Gasteiger partial charge in [-0.15, -0.1) is 0 Å². The topological polar surface area (TPSA) is 9.86 Å². The standard InChI is InChI=1S/C49H35N.C48H33N/c1-31(2)43-30-45-49(38-19-9-8-18-37(38)43)48-36-17-7-6-14-32(36)26-29-44(48)50(45)35-27-24-34(25-28-35)47-41-22-12-10-20-39(41)46(33-15-4-3-5-16-33)40-21-11-13-23-42(40)47;1-2-31-20-21-33-25-29-44-48(42(33)30-31)47-37-15-7-6-12-32(37)24-28-43(47)49(44)36-26-22-35(23-27-36)46-40-18-10-8-16-38(40)45(34-13-4-3-5-14-34)39-17-9-11-19-41(39)46/h3-31H,1-2H3;3-30H,2H2,1H3. The van der Waals surface area contributed by atoms with Gasteiger partial charge in [-0.3, -0.25) is 0 Å². The summed E-state index contributed by atoms with van der Waals surface area (Å²) in [7, 11) is 0. The van der Waals surface area contributed by atoms with Crippen LogP contribution < -0.4 is 0 Å². The van der Waals surface area contributed by atoms with Gasteiger partial charge < -0.3 is 9.13 Å². The van der Waals surface area contributed by atoms with Crippen molar-refractivity contribution in [2.75, 3.05) is 0 Å². The number of fused-ring (bicyclic) bond motifs is 18. The van der Waals surface area contributed by atoms with Crippen molar-refractivity contribution in [2.24, 2.45) is 0 Å². The van der Waals surface area contributed by atoms with E-state index in [2.05, 4.69) is 370 Å². The van der Waals surface area contributed by atoms with Crippen molar-refractivity contribution in [1.82, 2.24) is 9.13 Å². The van der Waals surface area contributed by atoms with E-state index in [-0.39, 0.29) is 0 Å². The summed E-state index contributed by atoms with van der Waals surface area (Å²) in [6.45, 7) is 6.86. The van der Waals surface area contributed by atoms with Gasteiger partial charge in [0.2, 0.25) is 0 Å². The molecule has 18 aromatic carbocycles. The minimum absolute atomic E-state index is 0.398. The Morgan fingerprint density at radius 1 is 0.232 bits per heavy atom. The lowest BCUT2D eigenvalue weighted by Gasteiger charge is -2.18. The quantitative estimate of drug-likeness (QED) is 0.134. The lowest BCUT2D eigenvalue weighted by Crippen LogP contribution is -1.97. The van der Waals surface area contributed by atoms with Gasteiger partial charge in [0.1, 0.15) is 0 Å². The zero-order valence-electron chi connectivity index (χ0n) is 55.5. The molecule has 0 bridgehead atoms. The van der Waals surface area contributed by atoms with Gasteiger partial charge in [-0.2, -0.15) is 0 Å². The van der Waals surface area contributed by atoms with E-state index >= 15 is 0 Å². The first-order valence-electron chi connectivity index (χ1n) is 34.9. The molecule has 0 spiro atoms. The molecule has 2 heterocycles. The first-order valence-corrected chi connectivity index (χ1v) is 34.9. The van der Waals surface area contributed by atoms with Crippen molar-refractivity contribution in [2.45, 2.75) is 33.1 Å². The fourth-order valence-corrected chi connectivity index (χ4v) is 16.8. The minimum Gasteiger partial charge on any atom is -0.309 e. The number of benzene rings is 18. The van der Waals surface area contributed by atoms with E-state index in [1.165, 1.54) is 197 Å². The van der Waals surface area contributed by atoms with Crippen LogP contribution in [0.4, 0.5) is 0 Å². The van der Waals surface area contributed by atoms with Crippen molar-refractivity contribution in [3.05, 3.63) is 351 Å². The van der Waals surface area contributed by atoms with Crippen LogP contribution >= 0.6 is 0 Å². The van der Waals surface area contributed by atoms with Crippen LogP contribution in [0.1, 0.15) is 37.8 Å². The molecule has 20 aromatic rings. The smallest absolute Gasteiger partial charge is 0.0550 e. The Hall–Kier alpha value is -12.4. The number of nitrogens with zero attached hydrogens (tertiary/aromatic N) is 2. The number of aryl methyl sites for hydroxylation is 1. The third-order valence-corrected chi connectivity index (χ3v) is 21.2. The molecule has 2 heteroatoms. The van der Waals surface area contributed by atoms with Gasteiger partial charge in [0.25, 0.3) is 0 Å². The van der Waals surface area contributed by atoms with Crippen LogP contribution in [0, 0.1) is 0 Å². The van der Waals surface area contributed by atoms with Gasteiger partial charge in [-0.25, -0.2) is 0 Å². The molecule has 0 saturated heterocycles. The van der Waals surface area contributed by atoms with Crippen molar-refractivity contribution < 1.29 is 0 Å². The summed E-state index contributed by atoms with van der Waals surface area (Å²) >= 11 is 0. The second kappa shape index (κ2) is 23.5. The summed E-state index contributed by atoms with van der Waals surface area (Å²) in [5.74, 6) is 0.398. The minimum atomic E-state index is 0.398. The number of rotatable bonds is 8. The monoisotopic (exact) mass is 1260 g/mol. The Kier molecular flexibility index (Phi) is 13.8. The van der Waals surface area contributed by atoms with Gasteiger partial charge in [0, 0.05) is 32.9 Å². The molecule has 2 nitrogen and oxygen atoms in total. The Morgan fingerprint density at radius 2 is 0.525 bits per heavy atom. The maximum absolute atomic E-state index is 2.49. The summed E-state index contributed by atoms with van der Waals surface area (Å²) in [6.07, 6.45) is 1.02. The largest absolute Gasteiger partial charge is 0.309 e. The van der Waals surface area contributed by atoms with Crippen LogP contribution in [-0.4, -0.2) is 9.13 Å². The van der Waals surface area contributed by atoms with Crippen LogP contribution in [0.15, 0.2) is 340 Å². The third-order valence-electron chi connectivity index (χ3n) is 21.2.